The predicted octanol–water partition coefficient (Wildman–Crippen LogP) is 4.36. The molecule has 0 bridgehead atoms. The smallest absolute Gasteiger partial charge is 0.129 e. The highest BCUT2D eigenvalue weighted by Crippen LogP contribution is 2.68. The number of nitrogens with zero attached hydrogens (tertiary/aromatic N) is 1. The molecule has 0 aliphatic heterocycles. The third kappa shape index (κ3) is 2.80. The molecule has 4 heteroatoms. The largest absolute Gasteiger partial charge is 0.394 e. The van der Waals surface area contributed by atoms with Gasteiger partial charge < -0.3 is 15.7 Å². The van der Waals surface area contributed by atoms with Crippen LogP contribution in [0.25, 0.3) is 0 Å². The lowest BCUT2D eigenvalue weighted by molar-refractivity contribution is -0.131. The summed E-state index contributed by atoms with van der Waals surface area (Å²) in [6.45, 7) is 10.8. The standard InChI is InChI=1S/C23H40N2O2/c1-21(2)18-7-5-15-16-6-8-20(26)23(16,4)11-9-17(15)22(18,3)12-10-19(21)25-27-14-13-24/h15-18,20,26H,5-14,24H2,1-4H3/t15-,16-,17-,18?,20-,22+,23-/m0/s1. The molecule has 0 amide bonds. The van der Waals surface area contributed by atoms with E-state index in [1.54, 1.807) is 0 Å². The van der Waals surface area contributed by atoms with E-state index in [4.69, 9.17) is 10.6 Å². The Morgan fingerprint density at radius 3 is 2.48 bits per heavy atom. The zero-order valence-electron chi connectivity index (χ0n) is 17.8. The first-order valence-electron chi connectivity index (χ1n) is 11.3. The lowest BCUT2D eigenvalue weighted by Crippen LogP contribution is -2.58. The van der Waals surface area contributed by atoms with E-state index in [9.17, 15) is 5.11 Å². The highest BCUT2D eigenvalue weighted by atomic mass is 16.6. The summed E-state index contributed by atoms with van der Waals surface area (Å²) < 4.78 is 0. The van der Waals surface area contributed by atoms with Crippen molar-refractivity contribution in [1.29, 1.82) is 0 Å². The fraction of sp³-hybridized carbons (Fsp3) is 0.957. The first-order valence-corrected chi connectivity index (χ1v) is 11.3. The first kappa shape index (κ1) is 19.7. The summed E-state index contributed by atoms with van der Waals surface area (Å²) in [4.78, 5) is 5.49. The van der Waals surface area contributed by atoms with E-state index in [0.717, 1.165) is 30.6 Å². The Morgan fingerprint density at radius 1 is 1.00 bits per heavy atom. The topological polar surface area (TPSA) is 67.8 Å². The molecule has 27 heavy (non-hydrogen) atoms. The molecule has 0 spiro atoms. The Hall–Kier alpha value is -0.610. The van der Waals surface area contributed by atoms with Crippen LogP contribution >= 0.6 is 0 Å². The molecule has 3 N–H and O–H groups in total. The van der Waals surface area contributed by atoms with Crippen LogP contribution in [0.4, 0.5) is 0 Å². The van der Waals surface area contributed by atoms with E-state index in [1.807, 2.05) is 0 Å². The van der Waals surface area contributed by atoms with Crippen molar-refractivity contribution in [2.45, 2.75) is 85.2 Å². The van der Waals surface area contributed by atoms with Crippen molar-refractivity contribution in [3.05, 3.63) is 0 Å². The highest BCUT2D eigenvalue weighted by Gasteiger charge is 2.62. The van der Waals surface area contributed by atoms with Crippen LogP contribution in [0.5, 0.6) is 0 Å². The van der Waals surface area contributed by atoms with Gasteiger partial charge in [0.2, 0.25) is 0 Å². The number of fused-ring (bicyclic) bond motifs is 5. The van der Waals surface area contributed by atoms with E-state index < -0.39 is 0 Å². The van der Waals surface area contributed by atoms with Crippen LogP contribution in [0, 0.1) is 39.9 Å². The van der Waals surface area contributed by atoms with Gasteiger partial charge in [0.25, 0.3) is 0 Å². The molecule has 4 saturated carbocycles. The summed E-state index contributed by atoms with van der Waals surface area (Å²) in [5.74, 6) is 3.03. The number of hydrogen-bond acceptors (Lipinski definition) is 4. The predicted molar refractivity (Wildman–Crippen MR) is 109 cm³/mol. The van der Waals surface area contributed by atoms with Gasteiger partial charge in [0.15, 0.2) is 0 Å². The Kier molecular flexibility index (Phi) is 4.91. The molecule has 0 aromatic rings. The molecule has 4 aliphatic rings. The SMILES string of the molecule is CC1(C)C(=NOCCN)CC[C@@]2(C)C1CC[C@H]1[C@@H]3CC[C@H](O)[C@@]3(C)CC[C@@H]12. The second-order valence-electron chi connectivity index (χ2n) is 11.0. The molecule has 154 valence electrons. The Labute approximate surface area is 165 Å². The van der Waals surface area contributed by atoms with Crippen LogP contribution in [-0.4, -0.2) is 30.1 Å². The van der Waals surface area contributed by atoms with Gasteiger partial charge in [-0.25, -0.2) is 0 Å². The minimum atomic E-state index is -0.0739. The van der Waals surface area contributed by atoms with Gasteiger partial charge in [-0.15, -0.1) is 0 Å². The molecular formula is C23H40N2O2. The normalized spacial score (nSPS) is 50.0. The van der Waals surface area contributed by atoms with Crippen molar-refractivity contribution in [1.82, 2.24) is 0 Å². The monoisotopic (exact) mass is 376 g/mol. The van der Waals surface area contributed by atoms with Gasteiger partial charge in [0, 0.05) is 12.0 Å². The molecule has 4 fully saturated rings. The fourth-order valence-electron chi connectivity index (χ4n) is 8.22. The zero-order valence-corrected chi connectivity index (χ0v) is 17.8. The van der Waals surface area contributed by atoms with Gasteiger partial charge in [-0.2, -0.15) is 0 Å². The van der Waals surface area contributed by atoms with Crippen LogP contribution in [0.3, 0.4) is 0 Å². The summed E-state index contributed by atoms with van der Waals surface area (Å²) >= 11 is 0. The molecule has 4 aliphatic carbocycles. The number of aliphatic hydroxyl groups is 1. The van der Waals surface area contributed by atoms with Crippen molar-refractivity contribution >= 4 is 5.71 Å². The molecule has 4 nitrogen and oxygen atoms in total. The summed E-state index contributed by atoms with van der Waals surface area (Å²) in [5, 5.41) is 15.2. The second kappa shape index (κ2) is 6.73. The maximum atomic E-state index is 10.7. The van der Waals surface area contributed by atoms with Crippen LogP contribution in [0.2, 0.25) is 0 Å². The number of oxime groups is 1. The maximum absolute atomic E-state index is 10.7. The zero-order chi connectivity index (χ0) is 19.4. The van der Waals surface area contributed by atoms with Crippen LogP contribution in [0.1, 0.15) is 79.1 Å². The third-order valence-electron chi connectivity index (χ3n) is 9.72. The number of nitrogens with two attached hydrogens (primary N) is 1. The third-order valence-corrected chi connectivity index (χ3v) is 9.72. The average Bonchev–Trinajstić information content (AvgIpc) is 2.92. The van der Waals surface area contributed by atoms with E-state index in [1.165, 1.54) is 44.2 Å². The molecular weight excluding hydrogens is 336 g/mol. The minimum absolute atomic E-state index is 0.0739. The summed E-state index contributed by atoms with van der Waals surface area (Å²) in [5.41, 5.74) is 7.48. The summed E-state index contributed by atoms with van der Waals surface area (Å²) in [6, 6.07) is 0. The number of hydrogen-bond donors (Lipinski definition) is 2. The van der Waals surface area contributed by atoms with Gasteiger partial charge >= 0.3 is 0 Å². The van der Waals surface area contributed by atoms with Crippen molar-refractivity contribution < 1.29 is 9.94 Å². The molecule has 1 unspecified atom stereocenters. The quantitative estimate of drug-likeness (QED) is 0.568. The van der Waals surface area contributed by atoms with Gasteiger partial charge in [-0.1, -0.05) is 32.9 Å². The molecule has 0 heterocycles. The van der Waals surface area contributed by atoms with E-state index in [2.05, 4.69) is 32.9 Å². The van der Waals surface area contributed by atoms with E-state index in [-0.39, 0.29) is 16.9 Å². The maximum Gasteiger partial charge on any atom is 0.129 e. The van der Waals surface area contributed by atoms with Crippen LogP contribution in [-0.2, 0) is 4.84 Å². The molecule has 7 atom stereocenters. The van der Waals surface area contributed by atoms with Crippen LogP contribution in [0.15, 0.2) is 5.16 Å². The Morgan fingerprint density at radius 2 is 1.74 bits per heavy atom. The Bertz CT molecular complexity index is 603. The van der Waals surface area contributed by atoms with E-state index in [0.29, 0.717) is 24.5 Å². The van der Waals surface area contributed by atoms with Gasteiger partial charge in [-0.3, -0.25) is 0 Å². The van der Waals surface area contributed by atoms with Gasteiger partial charge in [-0.05, 0) is 85.9 Å². The number of rotatable bonds is 3. The summed E-state index contributed by atoms with van der Waals surface area (Å²) in [6.07, 6.45) is 9.61. The van der Waals surface area contributed by atoms with Crippen LogP contribution < -0.4 is 5.73 Å². The molecule has 0 saturated heterocycles. The molecule has 0 aromatic heterocycles. The van der Waals surface area contributed by atoms with Crippen molar-refractivity contribution in [3.8, 4) is 0 Å². The number of aliphatic hydroxyl groups excluding tert-OH is 1. The molecule has 4 rings (SSSR count). The molecule has 0 aromatic carbocycles. The van der Waals surface area contributed by atoms with E-state index >= 15 is 0 Å². The van der Waals surface area contributed by atoms with Crippen molar-refractivity contribution in [2.75, 3.05) is 13.2 Å². The summed E-state index contributed by atoms with van der Waals surface area (Å²) in [7, 11) is 0. The lowest BCUT2D eigenvalue weighted by atomic mass is 9.41. The van der Waals surface area contributed by atoms with Gasteiger partial charge in [0.05, 0.1) is 11.8 Å². The first-order chi connectivity index (χ1) is 12.7. The Balaban J connectivity index is 1.59. The van der Waals surface area contributed by atoms with Crippen molar-refractivity contribution in [3.63, 3.8) is 0 Å². The fourth-order valence-corrected chi connectivity index (χ4v) is 8.22. The lowest BCUT2D eigenvalue weighted by Gasteiger charge is -2.63. The average molecular weight is 377 g/mol. The highest BCUT2D eigenvalue weighted by molar-refractivity contribution is 5.90. The molecule has 0 radical (unpaired) electrons. The second-order valence-corrected chi connectivity index (χ2v) is 11.0. The minimum Gasteiger partial charge on any atom is -0.394 e. The van der Waals surface area contributed by atoms with Crippen molar-refractivity contribution in [2.24, 2.45) is 50.8 Å². The van der Waals surface area contributed by atoms with Gasteiger partial charge in [0.1, 0.15) is 6.61 Å².